The maximum absolute atomic E-state index is 12.4. The van der Waals surface area contributed by atoms with Gasteiger partial charge in [-0.05, 0) is 18.2 Å². The third kappa shape index (κ3) is 2.41. The molecular weight excluding hydrogens is 285 g/mol. The van der Waals surface area contributed by atoms with Crippen molar-refractivity contribution in [3.8, 4) is 0 Å². The lowest BCUT2D eigenvalue weighted by Gasteiger charge is -2.15. The lowest BCUT2D eigenvalue weighted by Crippen LogP contribution is -2.25. The van der Waals surface area contributed by atoms with Gasteiger partial charge in [0, 0.05) is 33.9 Å². The van der Waals surface area contributed by atoms with E-state index in [0.717, 1.165) is 11.3 Å². The number of hydrogen-bond donors (Lipinski definition) is 0. The van der Waals surface area contributed by atoms with Crippen molar-refractivity contribution in [2.24, 2.45) is 0 Å². The van der Waals surface area contributed by atoms with E-state index in [1.54, 1.807) is 29.3 Å². The highest BCUT2D eigenvalue weighted by atomic mass is 35.5. The van der Waals surface area contributed by atoms with E-state index >= 15 is 0 Å². The minimum absolute atomic E-state index is 0.109. The predicted octanol–water partition coefficient (Wildman–Crippen LogP) is 2.94. The van der Waals surface area contributed by atoms with Gasteiger partial charge in [-0.25, -0.2) is 9.97 Å². The van der Waals surface area contributed by atoms with Gasteiger partial charge in [0.25, 0.3) is 5.91 Å². The summed E-state index contributed by atoms with van der Waals surface area (Å²) in [6.45, 7) is 1.000. The van der Waals surface area contributed by atoms with Gasteiger partial charge in [0.1, 0.15) is 6.33 Å². The van der Waals surface area contributed by atoms with Gasteiger partial charge in [0.15, 0.2) is 0 Å². The van der Waals surface area contributed by atoms with Crippen LogP contribution in [0.15, 0.2) is 30.7 Å². The monoisotopic (exact) mass is 293 g/mol. The normalized spacial score (nSPS) is 13.5. The number of carbonyl (C=O) groups is 1. The fourth-order valence-electron chi connectivity index (χ4n) is 2.10. The second kappa shape index (κ2) is 4.79. The van der Waals surface area contributed by atoms with Crippen LogP contribution in [0, 0.1) is 0 Å². The molecule has 0 bridgehead atoms. The Kier molecular flexibility index (Phi) is 3.12. The van der Waals surface area contributed by atoms with E-state index in [1.807, 2.05) is 0 Å². The SMILES string of the molecule is O=C(c1cc(Cl)cc(Cl)c1)N1Cc2cncnc2C1. The predicted molar refractivity (Wildman–Crippen MR) is 72.1 cm³/mol. The van der Waals surface area contributed by atoms with Crippen molar-refractivity contribution in [1.29, 1.82) is 0 Å². The fourth-order valence-corrected chi connectivity index (χ4v) is 2.63. The van der Waals surface area contributed by atoms with Gasteiger partial charge in [0.2, 0.25) is 0 Å². The molecule has 0 saturated heterocycles. The Morgan fingerprint density at radius 1 is 1.16 bits per heavy atom. The Balaban J connectivity index is 1.87. The summed E-state index contributed by atoms with van der Waals surface area (Å²) in [5.74, 6) is -0.109. The molecular formula is C13H9Cl2N3O. The maximum atomic E-state index is 12.4. The topological polar surface area (TPSA) is 46.1 Å². The van der Waals surface area contributed by atoms with Gasteiger partial charge >= 0.3 is 0 Å². The van der Waals surface area contributed by atoms with Crippen molar-refractivity contribution in [2.75, 3.05) is 0 Å². The zero-order valence-electron chi connectivity index (χ0n) is 9.81. The molecule has 1 aliphatic heterocycles. The molecule has 1 aromatic heterocycles. The van der Waals surface area contributed by atoms with Crippen molar-refractivity contribution >= 4 is 29.1 Å². The summed E-state index contributed by atoms with van der Waals surface area (Å²) < 4.78 is 0. The van der Waals surface area contributed by atoms with E-state index < -0.39 is 0 Å². The quantitative estimate of drug-likeness (QED) is 0.812. The lowest BCUT2D eigenvalue weighted by molar-refractivity contribution is 0.0750. The Morgan fingerprint density at radius 3 is 2.58 bits per heavy atom. The molecule has 0 N–H and O–H groups in total. The first kappa shape index (κ1) is 12.4. The molecule has 1 aromatic carbocycles. The number of fused-ring (bicyclic) bond motifs is 1. The van der Waals surface area contributed by atoms with Crippen LogP contribution in [0.3, 0.4) is 0 Å². The first-order valence-electron chi connectivity index (χ1n) is 5.66. The van der Waals surface area contributed by atoms with Gasteiger partial charge in [-0.2, -0.15) is 0 Å². The number of aromatic nitrogens is 2. The molecule has 2 aromatic rings. The highest BCUT2D eigenvalue weighted by Gasteiger charge is 2.25. The molecule has 3 rings (SSSR count). The number of benzene rings is 1. The van der Waals surface area contributed by atoms with Crippen LogP contribution >= 0.6 is 23.2 Å². The first-order valence-corrected chi connectivity index (χ1v) is 6.42. The lowest BCUT2D eigenvalue weighted by atomic mass is 10.2. The Hall–Kier alpha value is -1.65. The number of rotatable bonds is 1. The zero-order chi connectivity index (χ0) is 13.4. The number of nitrogens with zero attached hydrogens (tertiary/aromatic N) is 3. The standard InChI is InChI=1S/C13H9Cl2N3O/c14-10-1-8(2-11(15)3-10)13(19)18-5-9-4-16-7-17-12(9)6-18/h1-4,7H,5-6H2. The van der Waals surface area contributed by atoms with Crippen molar-refractivity contribution in [3.05, 3.63) is 57.6 Å². The van der Waals surface area contributed by atoms with Crippen LogP contribution in [-0.4, -0.2) is 20.8 Å². The summed E-state index contributed by atoms with van der Waals surface area (Å²) in [6.07, 6.45) is 3.23. The Morgan fingerprint density at radius 2 is 1.89 bits per heavy atom. The van der Waals surface area contributed by atoms with Gasteiger partial charge in [-0.3, -0.25) is 4.79 Å². The number of hydrogen-bond acceptors (Lipinski definition) is 3. The van der Waals surface area contributed by atoms with Gasteiger partial charge in [-0.15, -0.1) is 0 Å². The largest absolute Gasteiger partial charge is 0.328 e. The van der Waals surface area contributed by atoms with E-state index in [9.17, 15) is 4.79 Å². The van der Waals surface area contributed by atoms with Gasteiger partial charge in [0.05, 0.1) is 12.2 Å². The van der Waals surface area contributed by atoms with Crippen molar-refractivity contribution in [1.82, 2.24) is 14.9 Å². The van der Waals surface area contributed by atoms with E-state index in [-0.39, 0.29) is 5.91 Å². The highest BCUT2D eigenvalue weighted by Crippen LogP contribution is 2.24. The molecule has 19 heavy (non-hydrogen) atoms. The van der Waals surface area contributed by atoms with Crippen LogP contribution < -0.4 is 0 Å². The zero-order valence-corrected chi connectivity index (χ0v) is 11.3. The summed E-state index contributed by atoms with van der Waals surface area (Å²) in [4.78, 5) is 22.2. The Labute approximate surface area is 120 Å². The van der Waals surface area contributed by atoms with Crippen LogP contribution in [0.1, 0.15) is 21.6 Å². The summed E-state index contributed by atoms with van der Waals surface area (Å²) in [5.41, 5.74) is 2.35. The van der Waals surface area contributed by atoms with E-state index in [1.165, 1.54) is 6.33 Å². The molecule has 2 heterocycles. The molecule has 1 aliphatic rings. The third-order valence-electron chi connectivity index (χ3n) is 2.98. The van der Waals surface area contributed by atoms with Crippen LogP contribution in [0.5, 0.6) is 0 Å². The molecule has 4 nitrogen and oxygen atoms in total. The van der Waals surface area contributed by atoms with Gasteiger partial charge < -0.3 is 4.90 Å². The number of halogens is 2. The highest BCUT2D eigenvalue weighted by molar-refractivity contribution is 6.35. The van der Waals surface area contributed by atoms with Crippen molar-refractivity contribution < 1.29 is 4.79 Å². The number of carbonyl (C=O) groups excluding carboxylic acids is 1. The Bertz CT molecular complexity index is 615. The molecule has 0 unspecified atom stereocenters. The van der Waals surface area contributed by atoms with E-state index in [4.69, 9.17) is 23.2 Å². The average Bonchev–Trinajstić information content (AvgIpc) is 2.80. The van der Waals surface area contributed by atoms with Crippen LogP contribution in [0.2, 0.25) is 10.0 Å². The molecule has 0 atom stereocenters. The van der Waals surface area contributed by atoms with Crippen molar-refractivity contribution in [3.63, 3.8) is 0 Å². The maximum Gasteiger partial charge on any atom is 0.254 e. The smallest absolute Gasteiger partial charge is 0.254 e. The molecule has 1 amide bonds. The third-order valence-corrected chi connectivity index (χ3v) is 3.42. The summed E-state index contributed by atoms with van der Waals surface area (Å²) in [6, 6.07) is 4.83. The van der Waals surface area contributed by atoms with Crippen LogP contribution in [-0.2, 0) is 13.1 Å². The van der Waals surface area contributed by atoms with E-state index in [0.29, 0.717) is 28.7 Å². The second-order valence-corrected chi connectivity index (χ2v) is 5.19. The fraction of sp³-hybridized carbons (Fsp3) is 0.154. The molecule has 0 fully saturated rings. The molecule has 0 spiro atoms. The van der Waals surface area contributed by atoms with E-state index in [2.05, 4.69) is 9.97 Å². The number of amides is 1. The van der Waals surface area contributed by atoms with Gasteiger partial charge in [-0.1, -0.05) is 23.2 Å². The van der Waals surface area contributed by atoms with Crippen LogP contribution in [0.4, 0.5) is 0 Å². The minimum Gasteiger partial charge on any atom is -0.328 e. The molecule has 6 heteroatoms. The summed E-state index contributed by atoms with van der Waals surface area (Å²) in [7, 11) is 0. The van der Waals surface area contributed by atoms with Crippen LogP contribution in [0.25, 0.3) is 0 Å². The van der Waals surface area contributed by atoms with Crippen molar-refractivity contribution in [2.45, 2.75) is 13.1 Å². The molecule has 96 valence electrons. The summed E-state index contributed by atoms with van der Waals surface area (Å²) in [5, 5.41) is 0.903. The molecule has 0 saturated carbocycles. The minimum atomic E-state index is -0.109. The average molecular weight is 294 g/mol. The second-order valence-electron chi connectivity index (χ2n) is 4.31. The molecule has 0 aliphatic carbocycles. The summed E-state index contributed by atoms with van der Waals surface area (Å²) >= 11 is 11.8. The first-order chi connectivity index (χ1) is 9.13. The molecule has 0 radical (unpaired) electrons.